The Balaban J connectivity index is 1.60. The molecule has 0 aliphatic carbocycles. The third-order valence-electron chi connectivity index (χ3n) is 4.00. The average molecular weight is 339 g/mol. The molecule has 0 aromatic heterocycles. The van der Waals surface area contributed by atoms with Gasteiger partial charge in [-0.1, -0.05) is 36.0 Å². The molecular weight excluding hydrogens is 322 g/mol. The predicted octanol–water partition coefficient (Wildman–Crippen LogP) is 4.16. The zero-order valence-electron chi connectivity index (χ0n) is 13.0. The summed E-state index contributed by atoms with van der Waals surface area (Å²) in [7, 11) is 0. The van der Waals surface area contributed by atoms with Crippen LogP contribution in [0.1, 0.15) is 12.8 Å². The number of benzene rings is 2. The summed E-state index contributed by atoms with van der Waals surface area (Å²) in [4.78, 5) is 16.5. The number of hydrogen-bond acceptors (Lipinski definition) is 4. The van der Waals surface area contributed by atoms with Gasteiger partial charge in [0.1, 0.15) is 0 Å². The van der Waals surface area contributed by atoms with E-state index in [0.29, 0.717) is 0 Å². The molecule has 1 atom stereocenters. The van der Waals surface area contributed by atoms with Gasteiger partial charge in [0, 0.05) is 16.4 Å². The monoisotopic (exact) mass is 339 g/mol. The molecule has 0 saturated carbocycles. The minimum atomic E-state index is -0.274. The van der Waals surface area contributed by atoms with Crippen molar-refractivity contribution in [1.82, 2.24) is 5.43 Å². The van der Waals surface area contributed by atoms with E-state index in [4.69, 9.17) is 4.74 Å². The summed E-state index contributed by atoms with van der Waals surface area (Å²) in [5, 5.41) is 4.08. The molecule has 2 amide bonds. The number of carbonyl (C=O) groups excluding carboxylic acids is 1. The second-order valence-electron chi connectivity index (χ2n) is 5.62. The molecule has 24 heavy (non-hydrogen) atoms. The lowest BCUT2D eigenvalue weighted by atomic mass is 10.2. The molecule has 6 heteroatoms. The molecule has 1 N–H and O–H groups in total. The Kier molecular flexibility index (Phi) is 4.23. The number of urea groups is 1. The Labute approximate surface area is 144 Å². The van der Waals surface area contributed by atoms with Crippen LogP contribution in [0.15, 0.2) is 63.4 Å². The van der Waals surface area contributed by atoms with Crippen molar-refractivity contribution in [1.29, 1.82) is 0 Å². The minimum Gasteiger partial charge on any atom is -0.372 e. The first-order chi connectivity index (χ1) is 11.8. The van der Waals surface area contributed by atoms with E-state index in [0.717, 1.165) is 40.6 Å². The fourth-order valence-corrected chi connectivity index (χ4v) is 3.93. The molecule has 0 spiro atoms. The van der Waals surface area contributed by atoms with Gasteiger partial charge in [-0.25, -0.2) is 10.2 Å². The molecule has 1 saturated heterocycles. The average Bonchev–Trinajstić information content (AvgIpc) is 3.13. The van der Waals surface area contributed by atoms with E-state index in [1.165, 1.54) is 0 Å². The number of carbonyl (C=O) groups is 1. The van der Waals surface area contributed by atoms with E-state index in [9.17, 15) is 4.79 Å². The summed E-state index contributed by atoms with van der Waals surface area (Å²) < 4.78 is 5.48. The molecular formula is C18H17N3O2S. The van der Waals surface area contributed by atoms with Crippen LogP contribution in [0.25, 0.3) is 0 Å². The number of ether oxygens (including phenoxy) is 1. The molecule has 2 aliphatic rings. The van der Waals surface area contributed by atoms with E-state index < -0.39 is 0 Å². The lowest BCUT2D eigenvalue weighted by Crippen LogP contribution is -2.35. The molecule has 4 rings (SSSR count). The number of nitrogens with zero attached hydrogens (tertiary/aromatic N) is 2. The van der Waals surface area contributed by atoms with Crippen LogP contribution in [0.2, 0.25) is 0 Å². The Bertz CT molecular complexity index is 742. The summed E-state index contributed by atoms with van der Waals surface area (Å²) in [5.74, 6) is 0. The fraction of sp³-hybridized carbons (Fsp3) is 0.222. The summed E-state index contributed by atoms with van der Waals surface area (Å²) >= 11 is 1.67. The molecule has 2 heterocycles. The van der Waals surface area contributed by atoms with E-state index in [1.807, 2.05) is 48.5 Å². The van der Waals surface area contributed by atoms with Crippen molar-refractivity contribution < 1.29 is 9.53 Å². The largest absolute Gasteiger partial charge is 0.372 e. The predicted molar refractivity (Wildman–Crippen MR) is 95.1 cm³/mol. The van der Waals surface area contributed by atoms with E-state index >= 15 is 0 Å². The van der Waals surface area contributed by atoms with Gasteiger partial charge in [0.2, 0.25) is 0 Å². The van der Waals surface area contributed by atoms with Gasteiger partial charge in [-0.2, -0.15) is 5.10 Å². The number of amides is 2. The molecule has 122 valence electrons. The second kappa shape index (κ2) is 6.67. The number of nitrogens with one attached hydrogen (secondary N) is 1. The Morgan fingerprint density at radius 3 is 2.46 bits per heavy atom. The van der Waals surface area contributed by atoms with Crippen molar-refractivity contribution >= 4 is 35.4 Å². The van der Waals surface area contributed by atoms with Crippen molar-refractivity contribution in [2.75, 3.05) is 11.5 Å². The lowest BCUT2D eigenvalue weighted by Gasteiger charge is -2.30. The van der Waals surface area contributed by atoms with Crippen molar-refractivity contribution in [2.45, 2.75) is 28.7 Å². The van der Waals surface area contributed by atoms with Gasteiger partial charge in [0.25, 0.3) is 0 Å². The normalized spacial score (nSPS) is 19.2. The van der Waals surface area contributed by atoms with Gasteiger partial charge in [-0.3, -0.25) is 4.90 Å². The first-order valence-electron chi connectivity index (χ1n) is 7.94. The van der Waals surface area contributed by atoms with Gasteiger partial charge in [0.05, 0.1) is 23.7 Å². The van der Waals surface area contributed by atoms with E-state index in [2.05, 4.69) is 10.5 Å². The highest BCUT2D eigenvalue weighted by Crippen LogP contribution is 2.47. The first-order valence-corrected chi connectivity index (χ1v) is 8.75. The SMILES string of the molecule is O=C(N/N=C/C1CCCO1)N1c2ccccc2Sc2ccccc21. The number of rotatable bonds is 2. The Morgan fingerprint density at radius 1 is 1.17 bits per heavy atom. The summed E-state index contributed by atoms with van der Waals surface area (Å²) in [6, 6.07) is 15.5. The van der Waals surface area contributed by atoms with Crippen molar-refractivity contribution in [2.24, 2.45) is 5.10 Å². The molecule has 1 fully saturated rings. The van der Waals surface area contributed by atoms with E-state index in [-0.39, 0.29) is 12.1 Å². The van der Waals surface area contributed by atoms with Crippen LogP contribution < -0.4 is 10.3 Å². The van der Waals surface area contributed by atoms with Gasteiger partial charge in [-0.05, 0) is 37.1 Å². The van der Waals surface area contributed by atoms with Crippen LogP contribution in [-0.4, -0.2) is 25.0 Å². The van der Waals surface area contributed by atoms with Gasteiger partial charge in [0.15, 0.2) is 0 Å². The molecule has 0 radical (unpaired) electrons. The first kappa shape index (κ1) is 15.2. The quantitative estimate of drug-likeness (QED) is 0.660. The minimum absolute atomic E-state index is 0.00165. The standard InChI is InChI=1S/C18H17N3O2S/c22-18(20-19-12-13-6-5-11-23-13)21-14-7-1-3-9-16(14)24-17-10-4-2-8-15(17)21/h1-4,7-10,12-13H,5-6,11H2,(H,20,22)/b19-12+. The molecule has 5 nitrogen and oxygen atoms in total. The Hall–Kier alpha value is -2.31. The molecule has 2 aromatic carbocycles. The van der Waals surface area contributed by atoms with Crippen molar-refractivity contribution in [3.8, 4) is 0 Å². The van der Waals surface area contributed by atoms with Crippen LogP contribution in [0, 0.1) is 0 Å². The van der Waals surface area contributed by atoms with Crippen molar-refractivity contribution in [3.63, 3.8) is 0 Å². The van der Waals surface area contributed by atoms with Crippen LogP contribution >= 0.6 is 11.8 Å². The lowest BCUT2D eigenvalue weighted by molar-refractivity contribution is 0.161. The second-order valence-corrected chi connectivity index (χ2v) is 6.70. The fourth-order valence-electron chi connectivity index (χ4n) is 2.87. The number of fused-ring (bicyclic) bond motifs is 2. The third kappa shape index (κ3) is 2.90. The highest BCUT2D eigenvalue weighted by atomic mass is 32.2. The maximum atomic E-state index is 12.7. The third-order valence-corrected chi connectivity index (χ3v) is 5.13. The molecule has 1 unspecified atom stereocenters. The molecule has 0 bridgehead atoms. The smallest absolute Gasteiger partial charge is 0.346 e. The van der Waals surface area contributed by atoms with E-state index in [1.54, 1.807) is 22.9 Å². The zero-order chi connectivity index (χ0) is 16.4. The topological polar surface area (TPSA) is 53.9 Å². The maximum absolute atomic E-state index is 12.7. The maximum Gasteiger partial charge on any atom is 0.346 e. The molecule has 2 aliphatic heterocycles. The summed E-state index contributed by atoms with van der Waals surface area (Å²) in [5.41, 5.74) is 4.36. The summed E-state index contributed by atoms with van der Waals surface area (Å²) in [6.45, 7) is 0.759. The van der Waals surface area contributed by atoms with Crippen LogP contribution in [0.4, 0.5) is 16.2 Å². The van der Waals surface area contributed by atoms with Crippen LogP contribution in [0.5, 0.6) is 0 Å². The van der Waals surface area contributed by atoms with Gasteiger partial charge in [-0.15, -0.1) is 0 Å². The highest BCUT2D eigenvalue weighted by molar-refractivity contribution is 7.99. The highest BCUT2D eigenvalue weighted by Gasteiger charge is 2.27. The number of para-hydroxylation sites is 2. The van der Waals surface area contributed by atoms with Crippen molar-refractivity contribution in [3.05, 3.63) is 48.5 Å². The Morgan fingerprint density at radius 2 is 1.83 bits per heavy atom. The summed E-state index contributed by atoms with van der Waals surface area (Å²) in [6.07, 6.45) is 3.66. The van der Waals surface area contributed by atoms with Gasteiger partial charge < -0.3 is 4.74 Å². The number of hydrogen-bond donors (Lipinski definition) is 1. The molecule has 2 aromatic rings. The van der Waals surface area contributed by atoms with Crippen LogP contribution in [0.3, 0.4) is 0 Å². The van der Waals surface area contributed by atoms with Crippen LogP contribution in [-0.2, 0) is 4.74 Å². The zero-order valence-corrected chi connectivity index (χ0v) is 13.8. The van der Waals surface area contributed by atoms with Gasteiger partial charge >= 0.3 is 6.03 Å². The number of anilines is 2. The number of hydrazone groups is 1.